The molecule has 0 aromatic heterocycles. The third-order valence-electron chi connectivity index (χ3n) is 14.2. The molecule has 0 saturated carbocycles. The zero-order valence-electron chi connectivity index (χ0n) is 42.8. The Hall–Kier alpha value is -2.79. The SMILES string of the molecule is CC(=O)N[C@H]1[C@H](O[C@@H]2[C@@H](O)[C@@H](O[C@@H]3[C@H](O)[C@@H](O)[C@H](O[C@H]4[C@H](O)[C@@H](O)[C@H](OC[C@@H](CO)NC=O)O[C@@H]4CO)O[C@@H]3CO)O[C@H](CO)[C@@H]2O[C@@H]2O[C@H](CO)[C@H](O)[C@H](O[C@@H]3O[C@H](CO)[C@H](O)[C@H](O)[C@H]3O)[C@H]2NC(C)=O)O[C@H](CO)[C@H](O)[C@@H]1O. The number of rotatable bonds is 24. The van der Waals surface area contributed by atoms with Gasteiger partial charge in [0.25, 0.3) is 0 Å². The summed E-state index contributed by atoms with van der Waals surface area (Å²) >= 11 is 0. The Morgan fingerprint density at radius 3 is 1.25 bits per heavy atom. The van der Waals surface area contributed by atoms with E-state index in [0.717, 1.165) is 13.8 Å². The highest BCUT2D eigenvalue weighted by molar-refractivity contribution is 5.73. The first-order valence-electron chi connectivity index (χ1n) is 25.3. The summed E-state index contributed by atoms with van der Waals surface area (Å²) in [4.78, 5) is 36.2. The summed E-state index contributed by atoms with van der Waals surface area (Å²) in [5, 5.41) is 201. The van der Waals surface area contributed by atoms with E-state index in [1.807, 2.05) is 0 Å². The highest BCUT2D eigenvalue weighted by Gasteiger charge is 2.59. The molecule has 6 rings (SSSR count). The highest BCUT2D eigenvalue weighted by Crippen LogP contribution is 2.38. The fourth-order valence-electron chi connectivity index (χ4n) is 9.90. The number of hydrogen-bond donors (Lipinski definition) is 21. The van der Waals surface area contributed by atoms with Gasteiger partial charge in [-0.1, -0.05) is 0 Å². The van der Waals surface area contributed by atoms with E-state index in [0.29, 0.717) is 0 Å². The highest BCUT2D eigenvalue weighted by atomic mass is 16.8. The fourth-order valence-corrected chi connectivity index (χ4v) is 9.90. The van der Waals surface area contributed by atoms with Crippen molar-refractivity contribution >= 4 is 18.2 Å². The van der Waals surface area contributed by atoms with Crippen LogP contribution >= 0.6 is 0 Å². The van der Waals surface area contributed by atoms with Gasteiger partial charge in [0.1, 0.15) is 146 Å². The molecule has 6 saturated heterocycles. The molecule has 6 heterocycles. The molecule has 0 aromatic carbocycles. The summed E-state index contributed by atoms with van der Waals surface area (Å²) in [6, 6.07) is -4.53. The molecule has 36 heteroatoms. The standard InChI is InChI=1S/C44H75N3O33/c1-12(56)46-21-26(61)23(58)15(4-49)70-39(21)80-38-33(68)44(77-35-19(8-53)74-43(32(67)29(35)64)76-34-18(7-52)73-41(31(66)28(34)63)69-10-14(3-48)45-11-55)75-20(9-54)36(38)78-40-22(47-13(2)57)37(25(60)17(6-51)71-40)79-42-30(65)27(62)24(59)16(5-50)72-42/h11,14-44,48-54,58-68H,3-10H2,1-2H3,(H,45,55)(H,46,56)(H,47,57)/t14-,15-,16-,17-,18-,19-,20-,21-,22-,23+,24+,25+,26-,27+,28-,29-,30-,31-,32-,33-,34-,35+,36+,37-,38-,39+,40+,41-,42+,43+,44-/m1/s1. The van der Waals surface area contributed by atoms with Crippen LogP contribution in [0.25, 0.3) is 0 Å². The van der Waals surface area contributed by atoms with E-state index in [4.69, 9.17) is 56.8 Å². The van der Waals surface area contributed by atoms with Crippen LogP contribution in [0.1, 0.15) is 13.8 Å². The fraction of sp³-hybridized carbons (Fsp3) is 0.932. The Morgan fingerprint density at radius 2 is 0.762 bits per heavy atom. The van der Waals surface area contributed by atoms with E-state index in [9.17, 15) is 106 Å². The van der Waals surface area contributed by atoms with Gasteiger partial charge in [0, 0.05) is 13.8 Å². The first kappa shape index (κ1) is 66.4. The van der Waals surface area contributed by atoms with Gasteiger partial charge < -0.3 is 165 Å². The van der Waals surface area contributed by atoms with E-state index in [1.165, 1.54) is 0 Å². The van der Waals surface area contributed by atoms with Crippen molar-refractivity contribution in [3.05, 3.63) is 0 Å². The van der Waals surface area contributed by atoms with Gasteiger partial charge >= 0.3 is 0 Å². The lowest BCUT2D eigenvalue weighted by molar-refractivity contribution is -0.399. The number of aliphatic hydroxyl groups is 18. The van der Waals surface area contributed by atoms with E-state index < -0.39 is 255 Å². The zero-order valence-corrected chi connectivity index (χ0v) is 42.8. The molecule has 0 unspecified atom stereocenters. The molecule has 0 aromatic rings. The number of carbonyl (C=O) groups excluding carboxylic acids is 3. The van der Waals surface area contributed by atoms with Crippen LogP contribution in [0, 0.1) is 0 Å². The van der Waals surface area contributed by atoms with E-state index in [2.05, 4.69) is 16.0 Å². The van der Waals surface area contributed by atoms with Crippen LogP contribution in [0.3, 0.4) is 0 Å². The van der Waals surface area contributed by atoms with Gasteiger partial charge in [-0.3, -0.25) is 14.4 Å². The topological polar surface area (TPSA) is 562 Å². The van der Waals surface area contributed by atoms with Gasteiger partial charge in [-0.25, -0.2) is 0 Å². The molecule has 464 valence electrons. The second kappa shape index (κ2) is 29.8. The Bertz CT molecular complexity index is 1920. The van der Waals surface area contributed by atoms with E-state index >= 15 is 0 Å². The molecule has 0 spiro atoms. The number of aliphatic hydroxyl groups excluding tert-OH is 18. The molecule has 80 heavy (non-hydrogen) atoms. The lowest BCUT2D eigenvalue weighted by Gasteiger charge is -2.52. The molecule has 6 aliphatic rings. The van der Waals surface area contributed by atoms with E-state index in [-0.39, 0.29) is 6.41 Å². The van der Waals surface area contributed by atoms with Crippen molar-refractivity contribution in [3.8, 4) is 0 Å². The van der Waals surface area contributed by atoms with Crippen molar-refractivity contribution in [2.75, 3.05) is 52.9 Å². The number of hydrogen-bond acceptors (Lipinski definition) is 33. The smallest absolute Gasteiger partial charge is 0.217 e. The third-order valence-corrected chi connectivity index (χ3v) is 14.2. The van der Waals surface area contributed by atoms with Crippen molar-refractivity contribution in [1.29, 1.82) is 0 Å². The molecule has 21 N–H and O–H groups in total. The number of ether oxygens (including phenoxy) is 12. The maximum Gasteiger partial charge on any atom is 0.217 e. The second-order valence-corrected chi connectivity index (χ2v) is 19.7. The van der Waals surface area contributed by atoms with Crippen LogP contribution in [0.2, 0.25) is 0 Å². The quantitative estimate of drug-likeness (QED) is 0.0399. The summed E-state index contributed by atoms with van der Waals surface area (Å²) in [6.45, 7) is -5.17. The van der Waals surface area contributed by atoms with Gasteiger partial charge in [-0.05, 0) is 0 Å². The summed E-state index contributed by atoms with van der Waals surface area (Å²) in [5.74, 6) is -1.72. The largest absolute Gasteiger partial charge is 0.394 e. The molecule has 0 radical (unpaired) electrons. The van der Waals surface area contributed by atoms with Gasteiger partial charge in [0.2, 0.25) is 18.2 Å². The van der Waals surface area contributed by atoms with Crippen LogP contribution < -0.4 is 16.0 Å². The number of carbonyl (C=O) groups is 3. The first-order valence-corrected chi connectivity index (χ1v) is 25.3. The summed E-state index contributed by atoms with van der Waals surface area (Å²) in [5.41, 5.74) is 0. The molecular weight excluding hydrogens is 1100 g/mol. The van der Waals surface area contributed by atoms with Crippen molar-refractivity contribution in [2.24, 2.45) is 0 Å². The van der Waals surface area contributed by atoms with Gasteiger partial charge in [0.05, 0.1) is 58.9 Å². The maximum absolute atomic E-state index is 12.8. The monoisotopic (exact) mass is 1170 g/mol. The molecular formula is C44H75N3O33. The Kier molecular flexibility index (Phi) is 24.7. The summed E-state index contributed by atoms with van der Waals surface area (Å²) < 4.78 is 69.8. The predicted molar refractivity (Wildman–Crippen MR) is 246 cm³/mol. The summed E-state index contributed by atoms with van der Waals surface area (Å²) in [6.07, 6.45) is -54.3. The van der Waals surface area contributed by atoms with Gasteiger partial charge in [-0.2, -0.15) is 0 Å². The molecule has 6 aliphatic heterocycles. The minimum atomic E-state index is -2.36. The van der Waals surface area contributed by atoms with Crippen molar-refractivity contribution in [3.63, 3.8) is 0 Å². The number of amides is 3. The Morgan fingerprint density at radius 1 is 0.400 bits per heavy atom. The minimum Gasteiger partial charge on any atom is -0.394 e. The normalized spacial score (nSPS) is 46.8. The van der Waals surface area contributed by atoms with Crippen molar-refractivity contribution in [1.82, 2.24) is 16.0 Å². The lowest BCUT2D eigenvalue weighted by Crippen LogP contribution is -2.71. The average molecular weight is 1170 g/mol. The maximum atomic E-state index is 12.8. The number of nitrogens with one attached hydrogen (secondary N) is 3. The Labute approximate surface area is 453 Å². The molecule has 31 atom stereocenters. The first-order chi connectivity index (χ1) is 38.0. The zero-order chi connectivity index (χ0) is 59.0. The van der Waals surface area contributed by atoms with E-state index in [1.54, 1.807) is 0 Å². The molecule has 0 bridgehead atoms. The van der Waals surface area contributed by atoms with Crippen LogP contribution in [-0.2, 0) is 71.2 Å². The van der Waals surface area contributed by atoms with Crippen LogP contribution in [-0.4, -0.2) is 353 Å². The van der Waals surface area contributed by atoms with Crippen molar-refractivity contribution < 1.29 is 163 Å². The predicted octanol–water partition coefficient (Wildman–Crippen LogP) is -14.7. The Balaban J connectivity index is 1.30. The lowest BCUT2D eigenvalue weighted by atomic mass is 9.93. The van der Waals surface area contributed by atoms with Gasteiger partial charge in [0.15, 0.2) is 37.7 Å². The molecule has 36 nitrogen and oxygen atoms in total. The van der Waals surface area contributed by atoms with Crippen LogP contribution in [0.15, 0.2) is 0 Å². The molecule has 3 amide bonds. The molecule has 6 fully saturated rings. The van der Waals surface area contributed by atoms with Crippen LogP contribution in [0.5, 0.6) is 0 Å². The third kappa shape index (κ3) is 14.8. The van der Waals surface area contributed by atoms with Gasteiger partial charge in [-0.15, -0.1) is 0 Å². The molecule has 0 aliphatic carbocycles. The van der Waals surface area contributed by atoms with Crippen molar-refractivity contribution in [2.45, 2.75) is 204 Å². The average Bonchev–Trinajstić information content (AvgIpc) is 3.46. The minimum absolute atomic E-state index is 0.271. The summed E-state index contributed by atoms with van der Waals surface area (Å²) in [7, 11) is 0. The van der Waals surface area contributed by atoms with Crippen LogP contribution in [0.4, 0.5) is 0 Å². The second-order valence-electron chi connectivity index (χ2n) is 19.7.